The van der Waals surface area contributed by atoms with Gasteiger partial charge in [0, 0.05) is 0 Å². The summed E-state index contributed by atoms with van der Waals surface area (Å²) in [6.07, 6.45) is 1.34. The van der Waals surface area contributed by atoms with Crippen LogP contribution in [0, 0.1) is 6.92 Å². The van der Waals surface area contributed by atoms with Crippen molar-refractivity contribution in [2.45, 2.75) is 11.8 Å². The molecule has 0 aromatic heterocycles. The Kier molecular flexibility index (Phi) is 5.51. The van der Waals surface area contributed by atoms with Crippen LogP contribution in [-0.4, -0.2) is 21.7 Å². The largest absolute Gasteiger partial charge is 0.495 e. The maximum absolute atomic E-state index is 12.3. The van der Waals surface area contributed by atoms with Gasteiger partial charge in [0.25, 0.3) is 10.0 Å². The number of sulfonamides is 1. The first-order chi connectivity index (χ1) is 10.8. The number of methoxy groups -OCH3 is 1. The Hall–Kier alpha value is -1.76. The topological polar surface area (TPSA) is 67.8 Å². The number of aryl methyl sites for hydroxylation is 1. The molecule has 0 aliphatic heterocycles. The molecule has 0 heterocycles. The highest BCUT2D eigenvalue weighted by Crippen LogP contribution is 2.24. The summed E-state index contributed by atoms with van der Waals surface area (Å²) in [5, 5.41) is 4.52. The van der Waals surface area contributed by atoms with E-state index in [2.05, 4.69) is 9.93 Å². The molecule has 5 nitrogen and oxygen atoms in total. The van der Waals surface area contributed by atoms with E-state index < -0.39 is 10.0 Å². The molecule has 2 aromatic carbocycles. The predicted octanol–water partition coefficient (Wildman–Crippen LogP) is 3.62. The lowest BCUT2D eigenvalue weighted by atomic mass is 10.2. The Morgan fingerprint density at radius 2 is 1.87 bits per heavy atom. The second-order valence-corrected chi connectivity index (χ2v) is 7.12. The zero-order chi connectivity index (χ0) is 17.0. The average Bonchev–Trinajstić information content (AvgIpc) is 2.50. The molecule has 0 fully saturated rings. The Morgan fingerprint density at radius 3 is 2.52 bits per heavy atom. The molecule has 0 aliphatic rings. The van der Waals surface area contributed by atoms with Crippen molar-refractivity contribution >= 4 is 39.4 Å². The fraction of sp³-hybridized carbons (Fsp3) is 0.133. The van der Waals surface area contributed by atoms with Crippen molar-refractivity contribution in [2.75, 3.05) is 7.11 Å². The maximum Gasteiger partial charge on any atom is 0.280 e. The number of ether oxygens (including phenoxy) is 1. The number of hydrazone groups is 1. The lowest BCUT2D eigenvalue weighted by Gasteiger charge is -2.09. The Labute approximate surface area is 144 Å². The van der Waals surface area contributed by atoms with E-state index in [0.717, 1.165) is 5.56 Å². The monoisotopic (exact) mass is 372 g/mol. The number of benzene rings is 2. The molecule has 0 saturated carbocycles. The molecule has 0 bridgehead atoms. The third-order valence-corrected chi connectivity index (χ3v) is 4.92. The van der Waals surface area contributed by atoms with E-state index in [9.17, 15) is 8.42 Å². The molecule has 0 aliphatic carbocycles. The molecular weight excluding hydrogens is 359 g/mol. The molecule has 23 heavy (non-hydrogen) atoms. The van der Waals surface area contributed by atoms with Crippen LogP contribution in [0.1, 0.15) is 11.1 Å². The van der Waals surface area contributed by atoms with Crippen molar-refractivity contribution in [2.24, 2.45) is 5.10 Å². The molecule has 0 spiro atoms. The Balaban J connectivity index is 2.23. The molecule has 2 rings (SSSR count). The second-order valence-electron chi connectivity index (χ2n) is 4.68. The van der Waals surface area contributed by atoms with Crippen molar-refractivity contribution in [3.63, 3.8) is 0 Å². The SMILES string of the molecule is COc1ccc(C)cc1S(=O)(=O)N/N=C/c1ccc(Cl)c(Cl)c1. The molecule has 0 radical (unpaired) electrons. The Morgan fingerprint density at radius 1 is 1.13 bits per heavy atom. The normalized spacial score (nSPS) is 11.7. The van der Waals surface area contributed by atoms with Crippen LogP contribution in [0.4, 0.5) is 0 Å². The number of nitrogens with one attached hydrogen (secondary N) is 1. The third kappa shape index (κ3) is 4.37. The lowest BCUT2D eigenvalue weighted by Crippen LogP contribution is -2.19. The van der Waals surface area contributed by atoms with Gasteiger partial charge in [-0.25, -0.2) is 0 Å². The zero-order valence-electron chi connectivity index (χ0n) is 12.4. The second kappa shape index (κ2) is 7.21. The van der Waals surface area contributed by atoms with Gasteiger partial charge in [-0.2, -0.15) is 18.4 Å². The minimum absolute atomic E-state index is 0.0197. The summed E-state index contributed by atoms with van der Waals surface area (Å²) in [6.45, 7) is 1.79. The highest BCUT2D eigenvalue weighted by Gasteiger charge is 2.18. The summed E-state index contributed by atoms with van der Waals surface area (Å²) >= 11 is 11.7. The van der Waals surface area contributed by atoms with Crippen LogP contribution >= 0.6 is 23.2 Å². The van der Waals surface area contributed by atoms with E-state index in [1.165, 1.54) is 19.4 Å². The van der Waals surface area contributed by atoms with Gasteiger partial charge in [0.05, 0.1) is 23.4 Å². The van der Waals surface area contributed by atoms with Gasteiger partial charge in [-0.15, -0.1) is 0 Å². The first kappa shape index (κ1) is 17.6. The molecule has 1 N–H and O–H groups in total. The first-order valence-electron chi connectivity index (χ1n) is 6.48. The third-order valence-electron chi connectivity index (χ3n) is 2.94. The molecular formula is C15H14Cl2N2O3S. The van der Waals surface area contributed by atoms with E-state index >= 15 is 0 Å². The quantitative estimate of drug-likeness (QED) is 0.643. The van der Waals surface area contributed by atoms with E-state index in [4.69, 9.17) is 27.9 Å². The van der Waals surface area contributed by atoms with Crippen molar-refractivity contribution in [1.82, 2.24) is 4.83 Å². The van der Waals surface area contributed by atoms with Crippen molar-refractivity contribution in [3.8, 4) is 5.75 Å². The highest BCUT2D eigenvalue weighted by atomic mass is 35.5. The summed E-state index contributed by atoms with van der Waals surface area (Å²) in [4.78, 5) is 2.17. The molecule has 0 saturated heterocycles. The zero-order valence-corrected chi connectivity index (χ0v) is 14.7. The van der Waals surface area contributed by atoms with Gasteiger partial charge in [-0.05, 0) is 42.3 Å². The molecule has 8 heteroatoms. The van der Waals surface area contributed by atoms with Gasteiger partial charge in [-0.3, -0.25) is 0 Å². The fourth-order valence-electron chi connectivity index (χ4n) is 1.81. The van der Waals surface area contributed by atoms with Crippen molar-refractivity contribution in [1.29, 1.82) is 0 Å². The van der Waals surface area contributed by atoms with Gasteiger partial charge in [0.1, 0.15) is 10.6 Å². The summed E-state index contributed by atoms with van der Waals surface area (Å²) in [7, 11) is -2.44. The van der Waals surface area contributed by atoms with Gasteiger partial charge in [0.15, 0.2) is 0 Å². The average molecular weight is 373 g/mol. The molecule has 0 unspecified atom stereocenters. The van der Waals surface area contributed by atoms with E-state index in [1.807, 2.05) is 0 Å². The number of hydrogen-bond donors (Lipinski definition) is 1. The van der Waals surface area contributed by atoms with Gasteiger partial charge >= 0.3 is 0 Å². The van der Waals surface area contributed by atoms with Crippen LogP contribution < -0.4 is 9.57 Å². The van der Waals surface area contributed by atoms with Crippen molar-refractivity contribution in [3.05, 3.63) is 57.6 Å². The first-order valence-corrected chi connectivity index (χ1v) is 8.72. The van der Waals surface area contributed by atoms with Crippen LogP contribution in [0.3, 0.4) is 0 Å². The van der Waals surface area contributed by atoms with E-state index in [1.54, 1.807) is 37.3 Å². The van der Waals surface area contributed by atoms with Crippen LogP contribution in [0.15, 0.2) is 46.4 Å². The maximum atomic E-state index is 12.3. The number of nitrogens with zero attached hydrogens (tertiary/aromatic N) is 1. The van der Waals surface area contributed by atoms with Crippen LogP contribution in [0.2, 0.25) is 10.0 Å². The van der Waals surface area contributed by atoms with Crippen LogP contribution in [0.25, 0.3) is 0 Å². The van der Waals surface area contributed by atoms with Crippen LogP contribution in [-0.2, 0) is 10.0 Å². The number of rotatable bonds is 5. The number of hydrogen-bond acceptors (Lipinski definition) is 4. The lowest BCUT2D eigenvalue weighted by molar-refractivity contribution is 0.402. The molecule has 2 aromatic rings. The van der Waals surface area contributed by atoms with Gasteiger partial charge in [-0.1, -0.05) is 35.3 Å². The van der Waals surface area contributed by atoms with E-state index in [-0.39, 0.29) is 10.6 Å². The fourth-order valence-corrected chi connectivity index (χ4v) is 3.16. The molecule has 0 atom stereocenters. The summed E-state index contributed by atoms with van der Waals surface area (Å²) in [5.41, 5.74) is 1.40. The van der Waals surface area contributed by atoms with Crippen LogP contribution in [0.5, 0.6) is 5.75 Å². The molecule has 0 amide bonds. The standard InChI is InChI=1S/C15H14Cl2N2O3S/c1-10-3-6-14(22-2)15(7-10)23(20,21)19-18-9-11-4-5-12(16)13(17)8-11/h3-9,19H,1-2H3/b18-9+. The minimum Gasteiger partial charge on any atom is -0.495 e. The van der Waals surface area contributed by atoms with Crippen molar-refractivity contribution < 1.29 is 13.2 Å². The van der Waals surface area contributed by atoms with E-state index in [0.29, 0.717) is 15.6 Å². The van der Waals surface area contributed by atoms with Gasteiger partial charge in [0.2, 0.25) is 0 Å². The minimum atomic E-state index is -3.85. The molecule has 122 valence electrons. The highest BCUT2D eigenvalue weighted by molar-refractivity contribution is 7.89. The predicted molar refractivity (Wildman–Crippen MR) is 92.1 cm³/mol. The number of halogens is 2. The summed E-state index contributed by atoms with van der Waals surface area (Å²) in [6, 6.07) is 9.71. The smallest absolute Gasteiger partial charge is 0.280 e. The Bertz CT molecular complexity index is 852. The summed E-state index contributed by atoms with van der Waals surface area (Å²) in [5.74, 6) is 0.243. The summed E-state index contributed by atoms with van der Waals surface area (Å²) < 4.78 is 29.7. The van der Waals surface area contributed by atoms with Gasteiger partial charge < -0.3 is 4.74 Å².